The summed E-state index contributed by atoms with van der Waals surface area (Å²) in [5.74, 6) is -0.621. The number of rotatable bonds is 9. The highest BCUT2D eigenvalue weighted by Crippen LogP contribution is 2.34. The zero-order valence-electron chi connectivity index (χ0n) is 26.8. The van der Waals surface area contributed by atoms with Crippen molar-refractivity contribution in [3.8, 4) is 11.5 Å². The highest BCUT2D eigenvalue weighted by molar-refractivity contribution is 6.09. The van der Waals surface area contributed by atoms with E-state index in [4.69, 9.17) is 24.7 Å². The monoisotopic (exact) mass is 633 g/mol. The minimum atomic E-state index is -0.764. The largest absolute Gasteiger partial charge is 0.460 e. The summed E-state index contributed by atoms with van der Waals surface area (Å²) in [4.78, 5) is 57.4. The van der Waals surface area contributed by atoms with Gasteiger partial charge in [-0.25, -0.2) is 9.59 Å². The number of nitrogen functional groups attached to an aromatic ring is 1. The number of hydrogen-bond donors (Lipinski definition) is 3. The first kappa shape index (κ1) is 33.6. The van der Waals surface area contributed by atoms with Gasteiger partial charge in [0, 0.05) is 36.7 Å². The van der Waals surface area contributed by atoms with Crippen molar-refractivity contribution in [2.75, 3.05) is 29.7 Å². The average Bonchev–Trinajstić information content (AvgIpc) is 3.41. The molecule has 0 spiro atoms. The molecule has 1 aliphatic heterocycles. The van der Waals surface area contributed by atoms with Gasteiger partial charge in [-0.3, -0.25) is 14.6 Å². The van der Waals surface area contributed by atoms with Gasteiger partial charge in [-0.05, 0) is 77.4 Å². The number of pyridine rings is 1. The lowest BCUT2D eigenvalue weighted by Crippen LogP contribution is -2.37. The summed E-state index contributed by atoms with van der Waals surface area (Å²) in [6, 6.07) is 12.4. The van der Waals surface area contributed by atoms with E-state index >= 15 is 0 Å². The molecule has 1 aliphatic rings. The van der Waals surface area contributed by atoms with Crippen LogP contribution in [-0.2, 0) is 20.8 Å². The number of hydrogen-bond acceptors (Lipinski definition) is 10. The Bertz CT molecular complexity index is 1610. The lowest BCUT2D eigenvalue weighted by molar-refractivity contribution is -0.155. The molecule has 0 unspecified atom stereocenters. The highest BCUT2D eigenvalue weighted by atomic mass is 16.7. The van der Waals surface area contributed by atoms with Gasteiger partial charge < -0.3 is 40.2 Å². The standard InChI is InChI=1S/C33H39N5O8/c1-32(2,3)45-27(39)14-15-38(31(42)36-21-11-13-25-26(16-21)44-19-43-25)18-20-10-12-24(35-17-20)29(40)37-23-9-7-8-22(34)28(23)30(41)46-33(4,5)6/h7-13,16-17H,14-15,18-19,34H2,1-6H3,(H,36,42)(H,37,40). The molecule has 0 bridgehead atoms. The number of carbonyl (C=O) groups is 4. The van der Waals surface area contributed by atoms with E-state index in [0.29, 0.717) is 22.7 Å². The normalized spacial score (nSPS) is 12.2. The molecular weight excluding hydrogens is 594 g/mol. The maximum Gasteiger partial charge on any atom is 0.342 e. The second-order valence-corrected chi connectivity index (χ2v) is 12.5. The van der Waals surface area contributed by atoms with E-state index in [1.165, 1.54) is 17.2 Å². The number of nitrogens with zero attached hydrogens (tertiary/aromatic N) is 2. The van der Waals surface area contributed by atoms with Crippen LogP contribution < -0.4 is 25.8 Å². The van der Waals surface area contributed by atoms with Crippen molar-refractivity contribution in [1.82, 2.24) is 9.88 Å². The van der Waals surface area contributed by atoms with Crippen molar-refractivity contribution >= 4 is 40.9 Å². The van der Waals surface area contributed by atoms with Crippen molar-refractivity contribution in [2.24, 2.45) is 0 Å². The number of nitrogens with one attached hydrogen (secondary N) is 2. The van der Waals surface area contributed by atoms with Gasteiger partial charge in [-0.15, -0.1) is 0 Å². The van der Waals surface area contributed by atoms with E-state index in [1.54, 1.807) is 84.0 Å². The maximum absolute atomic E-state index is 13.4. The van der Waals surface area contributed by atoms with Crippen molar-refractivity contribution in [3.63, 3.8) is 0 Å². The van der Waals surface area contributed by atoms with Crippen molar-refractivity contribution in [2.45, 2.75) is 65.7 Å². The van der Waals surface area contributed by atoms with Crippen LogP contribution in [0.1, 0.15) is 74.4 Å². The molecule has 3 amide bonds. The van der Waals surface area contributed by atoms with Crippen molar-refractivity contribution in [1.29, 1.82) is 0 Å². The van der Waals surface area contributed by atoms with E-state index < -0.39 is 35.1 Å². The summed E-state index contributed by atoms with van der Waals surface area (Å²) in [5, 5.41) is 5.50. The Kier molecular flexibility index (Phi) is 10.0. The van der Waals surface area contributed by atoms with Crippen LogP contribution >= 0.6 is 0 Å². The number of nitrogens with two attached hydrogens (primary N) is 1. The van der Waals surface area contributed by atoms with Crippen LogP contribution in [0.5, 0.6) is 11.5 Å². The van der Waals surface area contributed by atoms with Crippen LogP contribution in [0, 0.1) is 0 Å². The second kappa shape index (κ2) is 13.8. The fourth-order valence-corrected chi connectivity index (χ4v) is 4.34. The molecule has 0 saturated heterocycles. The zero-order valence-corrected chi connectivity index (χ0v) is 26.8. The lowest BCUT2D eigenvalue weighted by atomic mass is 10.1. The molecule has 3 aromatic rings. The predicted octanol–water partition coefficient (Wildman–Crippen LogP) is 5.37. The number of urea groups is 1. The Morgan fingerprint density at radius 3 is 2.30 bits per heavy atom. The lowest BCUT2D eigenvalue weighted by Gasteiger charge is -2.24. The van der Waals surface area contributed by atoms with Crippen LogP contribution in [0.2, 0.25) is 0 Å². The van der Waals surface area contributed by atoms with E-state index in [9.17, 15) is 19.2 Å². The molecule has 2 heterocycles. The number of benzene rings is 2. The third-order valence-corrected chi connectivity index (χ3v) is 6.30. The van der Waals surface area contributed by atoms with Gasteiger partial charge in [0.05, 0.1) is 12.1 Å². The van der Waals surface area contributed by atoms with Crippen molar-refractivity contribution < 1.29 is 38.1 Å². The highest BCUT2D eigenvalue weighted by Gasteiger charge is 2.25. The number of fused-ring (bicyclic) bond motifs is 1. The summed E-state index contributed by atoms with van der Waals surface area (Å²) in [6.07, 6.45) is 1.41. The number of aromatic nitrogens is 1. The Balaban J connectivity index is 1.47. The Morgan fingerprint density at radius 1 is 0.913 bits per heavy atom. The first-order chi connectivity index (χ1) is 21.6. The Labute approximate surface area is 267 Å². The SMILES string of the molecule is CC(C)(C)OC(=O)CCN(Cc1ccc(C(=O)Nc2cccc(N)c2C(=O)OC(C)(C)C)nc1)C(=O)Nc1ccc2c(c1)OCO2. The summed E-state index contributed by atoms with van der Waals surface area (Å²) < 4.78 is 21.6. The molecule has 244 valence electrons. The molecule has 0 fully saturated rings. The van der Waals surface area contributed by atoms with E-state index in [0.717, 1.165) is 0 Å². The van der Waals surface area contributed by atoms with E-state index in [2.05, 4.69) is 15.6 Å². The summed E-state index contributed by atoms with van der Waals surface area (Å²) in [6.45, 7) is 10.7. The maximum atomic E-state index is 13.4. The van der Waals surface area contributed by atoms with Gasteiger partial charge in [-0.2, -0.15) is 0 Å². The fraction of sp³-hybridized carbons (Fsp3) is 0.364. The van der Waals surface area contributed by atoms with E-state index in [-0.39, 0.29) is 48.9 Å². The van der Waals surface area contributed by atoms with Gasteiger partial charge in [0.15, 0.2) is 11.5 Å². The van der Waals surface area contributed by atoms with Crippen LogP contribution in [0.4, 0.5) is 21.9 Å². The number of ether oxygens (including phenoxy) is 4. The Morgan fingerprint density at radius 2 is 1.63 bits per heavy atom. The topological polar surface area (TPSA) is 171 Å². The van der Waals surface area contributed by atoms with Crippen LogP contribution in [0.15, 0.2) is 54.7 Å². The number of amides is 3. The number of esters is 2. The van der Waals surface area contributed by atoms with E-state index in [1.807, 2.05) is 0 Å². The zero-order chi connectivity index (χ0) is 33.6. The van der Waals surface area contributed by atoms with Gasteiger partial charge in [0.2, 0.25) is 6.79 Å². The van der Waals surface area contributed by atoms with Crippen LogP contribution in [0.25, 0.3) is 0 Å². The first-order valence-electron chi connectivity index (χ1n) is 14.6. The van der Waals surface area contributed by atoms with Gasteiger partial charge in [0.25, 0.3) is 5.91 Å². The molecule has 2 aromatic carbocycles. The molecule has 0 aliphatic carbocycles. The first-order valence-corrected chi connectivity index (χ1v) is 14.6. The van der Waals surface area contributed by atoms with Crippen molar-refractivity contribution in [3.05, 3.63) is 71.5 Å². The van der Waals surface area contributed by atoms with Gasteiger partial charge >= 0.3 is 18.0 Å². The molecule has 0 saturated carbocycles. The number of anilines is 3. The smallest absolute Gasteiger partial charge is 0.342 e. The summed E-state index contributed by atoms with van der Waals surface area (Å²) >= 11 is 0. The van der Waals surface area contributed by atoms with Crippen LogP contribution in [-0.4, -0.2) is 58.3 Å². The third-order valence-electron chi connectivity index (χ3n) is 6.30. The molecular formula is C33H39N5O8. The molecule has 13 heteroatoms. The predicted molar refractivity (Wildman–Crippen MR) is 171 cm³/mol. The quantitative estimate of drug-likeness (QED) is 0.206. The Hall–Kier alpha value is -5.33. The van der Waals surface area contributed by atoms with Gasteiger partial charge in [-0.1, -0.05) is 12.1 Å². The molecule has 13 nitrogen and oxygen atoms in total. The van der Waals surface area contributed by atoms with Crippen LogP contribution in [0.3, 0.4) is 0 Å². The molecule has 4 rings (SSSR count). The molecule has 1 aromatic heterocycles. The minimum absolute atomic E-state index is 0.0384. The molecule has 4 N–H and O–H groups in total. The molecule has 46 heavy (non-hydrogen) atoms. The molecule has 0 radical (unpaired) electrons. The fourth-order valence-electron chi connectivity index (χ4n) is 4.34. The van der Waals surface area contributed by atoms with Gasteiger partial charge in [0.1, 0.15) is 22.5 Å². The summed E-state index contributed by atoms with van der Waals surface area (Å²) in [7, 11) is 0. The second-order valence-electron chi connectivity index (χ2n) is 12.5. The molecule has 0 atom stereocenters. The third kappa shape index (κ3) is 9.34. The number of carbonyl (C=O) groups excluding carboxylic acids is 4. The minimum Gasteiger partial charge on any atom is -0.460 e. The summed E-state index contributed by atoms with van der Waals surface area (Å²) in [5.41, 5.74) is 6.12. The average molecular weight is 634 g/mol.